The molecule has 2 rings (SSSR count). The second-order valence-corrected chi connectivity index (χ2v) is 2.49. The van der Waals surface area contributed by atoms with Crippen LogP contribution >= 0.6 is 11.6 Å². The van der Waals surface area contributed by atoms with Crippen LogP contribution in [-0.2, 0) is 0 Å². The molecule has 0 radical (unpaired) electrons. The topological polar surface area (TPSA) is 67.3 Å². The average Bonchev–Trinajstić information content (AvgIpc) is 2.58. The van der Waals surface area contributed by atoms with Crippen molar-refractivity contribution in [2.24, 2.45) is 0 Å². The molecule has 0 atom stereocenters. The van der Waals surface area contributed by atoms with Crippen molar-refractivity contribution >= 4 is 11.6 Å². The Balaban J connectivity index is 2.43. The molecule has 0 saturated heterocycles. The summed E-state index contributed by atoms with van der Waals surface area (Å²) in [5, 5.41) is 13.8. The van der Waals surface area contributed by atoms with Crippen LogP contribution in [0.1, 0.15) is 0 Å². The summed E-state index contributed by atoms with van der Waals surface area (Å²) in [4.78, 5) is 3.88. The number of aromatic nitrogens is 5. The van der Waals surface area contributed by atoms with Crippen LogP contribution in [0.4, 0.5) is 0 Å². The van der Waals surface area contributed by atoms with Gasteiger partial charge in [0, 0.05) is 11.8 Å². The molecule has 0 aromatic carbocycles. The lowest BCUT2D eigenvalue weighted by Gasteiger charge is -1.91. The van der Waals surface area contributed by atoms with E-state index < -0.39 is 0 Å². The van der Waals surface area contributed by atoms with E-state index in [9.17, 15) is 0 Å². The normalized spacial score (nSPS) is 10.1. The van der Waals surface area contributed by atoms with Crippen LogP contribution in [0.15, 0.2) is 18.3 Å². The van der Waals surface area contributed by atoms with E-state index in [1.54, 1.807) is 18.3 Å². The van der Waals surface area contributed by atoms with Gasteiger partial charge in [-0.3, -0.25) is 0 Å². The fraction of sp³-hybridized carbons (Fsp3) is 0. The summed E-state index contributed by atoms with van der Waals surface area (Å²) in [6.45, 7) is 0. The van der Waals surface area contributed by atoms with Crippen molar-refractivity contribution in [1.29, 1.82) is 0 Å². The lowest BCUT2D eigenvalue weighted by Crippen LogP contribution is -1.82. The Hall–Kier alpha value is -1.49. The summed E-state index contributed by atoms with van der Waals surface area (Å²) in [5.74, 6) is 0.513. The number of pyridine rings is 1. The van der Waals surface area contributed by atoms with Gasteiger partial charge in [-0.05, 0) is 17.3 Å². The largest absolute Gasteiger partial charge is 0.244 e. The fourth-order valence-electron chi connectivity index (χ4n) is 0.792. The minimum atomic E-state index is 0.447. The number of nitrogens with zero attached hydrogens (tertiary/aromatic N) is 4. The summed E-state index contributed by atoms with van der Waals surface area (Å²) < 4.78 is 0. The number of hydrogen-bond acceptors (Lipinski definition) is 4. The maximum atomic E-state index is 5.60. The zero-order chi connectivity index (χ0) is 8.39. The molecule has 0 spiro atoms. The molecule has 1 N–H and O–H groups in total. The van der Waals surface area contributed by atoms with E-state index in [-0.39, 0.29) is 0 Å². The molecule has 60 valence electrons. The number of halogens is 1. The van der Waals surface area contributed by atoms with Crippen LogP contribution in [0.2, 0.25) is 5.15 Å². The Bertz CT molecular complexity index is 354. The quantitative estimate of drug-likeness (QED) is 0.665. The van der Waals surface area contributed by atoms with E-state index in [2.05, 4.69) is 25.6 Å². The number of tetrazole rings is 1. The van der Waals surface area contributed by atoms with Gasteiger partial charge >= 0.3 is 0 Å². The Kier molecular flexibility index (Phi) is 1.71. The van der Waals surface area contributed by atoms with E-state index in [0.29, 0.717) is 11.0 Å². The van der Waals surface area contributed by atoms with Gasteiger partial charge in [-0.2, -0.15) is 5.21 Å². The van der Waals surface area contributed by atoms with Gasteiger partial charge in [-0.25, -0.2) is 4.98 Å². The Morgan fingerprint density at radius 1 is 1.33 bits per heavy atom. The van der Waals surface area contributed by atoms with Gasteiger partial charge in [0.2, 0.25) is 5.82 Å². The number of hydrogen-bond donors (Lipinski definition) is 1. The lowest BCUT2D eigenvalue weighted by atomic mass is 10.3. The molecule has 6 heteroatoms. The summed E-state index contributed by atoms with van der Waals surface area (Å²) in [6.07, 6.45) is 1.59. The molecule has 0 aliphatic carbocycles. The summed E-state index contributed by atoms with van der Waals surface area (Å²) in [7, 11) is 0. The second-order valence-electron chi connectivity index (χ2n) is 2.11. The zero-order valence-electron chi connectivity index (χ0n) is 5.90. The molecule has 2 heterocycles. The third-order valence-electron chi connectivity index (χ3n) is 1.33. The molecule has 12 heavy (non-hydrogen) atoms. The van der Waals surface area contributed by atoms with Crippen molar-refractivity contribution in [2.45, 2.75) is 0 Å². The number of aromatic amines is 1. The van der Waals surface area contributed by atoms with Crippen LogP contribution in [-0.4, -0.2) is 25.6 Å². The number of H-pyrrole nitrogens is 1. The first-order valence-corrected chi connectivity index (χ1v) is 3.59. The first kappa shape index (κ1) is 7.17. The summed E-state index contributed by atoms with van der Waals surface area (Å²) >= 11 is 5.60. The van der Waals surface area contributed by atoms with Gasteiger partial charge in [-0.15, -0.1) is 10.2 Å². The van der Waals surface area contributed by atoms with Crippen LogP contribution in [0.25, 0.3) is 11.4 Å². The molecule has 0 fully saturated rings. The first-order valence-electron chi connectivity index (χ1n) is 3.21. The van der Waals surface area contributed by atoms with E-state index in [0.717, 1.165) is 5.56 Å². The Morgan fingerprint density at radius 2 is 2.25 bits per heavy atom. The number of rotatable bonds is 1. The van der Waals surface area contributed by atoms with E-state index in [4.69, 9.17) is 11.6 Å². The minimum Gasteiger partial charge on any atom is -0.244 e. The molecule has 5 nitrogen and oxygen atoms in total. The third kappa shape index (κ3) is 1.26. The highest BCUT2D eigenvalue weighted by Gasteiger charge is 2.01. The molecule has 2 aromatic heterocycles. The highest BCUT2D eigenvalue weighted by Crippen LogP contribution is 2.13. The van der Waals surface area contributed by atoms with Crippen LogP contribution in [0.5, 0.6) is 0 Å². The summed E-state index contributed by atoms with van der Waals surface area (Å²) in [5.41, 5.74) is 0.785. The molecule has 2 aromatic rings. The molecule has 0 aliphatic rings. The van der Waals surface area contributed by atoms with Gasteiger partial charge in [0.25, 0.3) is 0 Å². The molecule has 0 amide bonds. The van der Waals surface area contributed by atoms with Gasteiger partial charge in [-0.1, -0.05) is 11.6 Å². The zero-order valence-corrected chi connectivity index (χ0v) is 6.65. The van der Waals surface area contributed by atoms with E-state index >= 15 is 0 Å². The monoisotopic (exact) mass is 181 g/mol. The van der Waals surface area contributed by atoms with Gasteiger partial charge in [0.15, 0.2) is 0 Å². The van der Waals surface area contributed by atoms with E-state index in [1.165, 1.54) is 0 Å². The van der Waals surface area contributed by atoms with Crippen molar-refractivity contribution in [1.82, 2.24) is 25.6 Å². The molecule has 0 saturated carbocycles. The molecule has 0 unspecified atom stereocenters. The van der Waals surface area contributed by atoms with Crippen molar-refractivity contribution in [3.63, 3.8) is 0 Å². The van der Waals surface area contributed by atoms with Crippen molar-refractivity contribution in [2.75, 3.05) is 0 Å². The lowest BCUT2D eigenvalue weighted by molar-refractivity contribution is 0.881. The predicted octanol–water partition coefficient (Wildman–Crippen LogP) is 0.915. The van der Waals surface area contributed by atoms with Crippen molar-refractivity contribution in [3.05, 3.63) is 23.5 Å². The fourth-order valence-corrected chi connectivity index (χ4v) is 0.904. The van der Waals surface area contributed by atoms with Crippen molar-refractivity contribution < 1.29 is 0 Å². The van der Waals surface area contributed by atoms with Gasteiger partial charge < -0.3 is 0 Å². The smallest absolute Gasteiger partial charge is 0.206 e. The van der Waals surface area contributed by atoms with Crippen LogP contribution in [0, 0.1) is 0 Å². The average molecular weight is 182 g/mol. The Labute approximate surface area is 72.8 Å². The van der Waals surface area contributed by atoms with Crippen LogP contribution in [0.3, 0.4) is 0 Å². The molecule has 0 bridgehead atoms. The van der Waals surface area contributed by atoms with Crippen molar-refractivity contribution in [3.8, 4) is 11.4 Å². The SMILES string of the molecule is Clc1ccc(-c2nn[nH]n2)cn1. The number of nitrogens with one attached hydrogen (secondary N) is 1. The molecule has 0 aliphatic heterocycles. The first-order chi connectivity index (χ1) is 5.86. The third-order valence-corrected chi connectivity index (χ3v) is 1.55. The molecular formula is C6H4ClN5. The highest BCUT2D eigenvalue weighted by molar-refractivity contribution is 6.29. The Morgan fingerprint density at radius 3 is 2.83 bits per heavy atom. The minimum absolute atomic E-state index is 0.447. The maximum absolute atomic E-state index is 5.60. The highest BCUT2D eigenvalue weighted by atomic mass is 35.5. The van der Waals surface area contributed by atoms with Gasteiger partial charge in [0.1, 0.15) is 5.15 Å². The standard InChI is InChI=1S/C6H4ClN5/c7-5-2-1-4(3-8-5)6-9-11-12-10-6/h1-3H,(H,9,10,11,12). The van der Waals surface area contributed by atoms with Gasteiger partial charge in [0.05, 0.1) is 0 Å². The summed E-state index contributed by atoms with van der Waals surface area (Å²) in [6, 6.07) is 3.45. The second kappa shape index (κ2) is 2.86. The maximum Gasteiger partial charge on any atom is 0.206 e. The van der Waals surface area contributed by atoms with E-state index in [1.807, 2.05) is 0 Å². The molecular weight excluding hydrogens is 178 g/mol. The van der Waals surface area contributed by atoms with Crippen LogP contribution < -0.4 is 0 Å². The predicted molar refractivity (Wildman–Crippen MR) is 42.4 cm³/mol.